The van der Waals surface area contributed by atoms with Crippen molar-refractivity contribution in [2.24, 2.45) is 0 Å². The summed E-state index contributed by atoms with van der Waals surface area (Å²) in [4.78, 5) is 2.41. The Labute approximate surface area is 116 Å². The second-order valence-electron chi connectivity index (χ2n) is 5.42. The maximum atomic E-state index is 5.69. The summed E-state index contributed by atoms with van der Waals surface area (Å²) in [6, 6.07) is 9.46. The topological polar surface area (TPSA) is 24.5 Å². The number of likely N-dealkylation sites (N-methyl/N-ethyl adjacent to an activating group) is 1. The van der Waals surface area contributed by atoms with Crippen LogP contribution in [-0.2, 0) is 0 Å². The molecule has 0 aromatic heterocycles. The van der Waals surface area contributed by atoms with Gasteiger partial charge in [0, 0.05) is 37.2 Å². The molecular formula is C16H26N2O. The van der Waals surface area contributed by atoms with Crippen molar-refractivity contribution in [1.29, 1.82) is 0 Å². The predicted molar refractivity (Wildman–Crippen MR) is 79.7 cm³/mol. The first-order valence-corrected chi connectivity index (χ1v) is 7.37. The Morgan fingerprint density at radius 1 is 1.42 bits per heavy atom. The smallest absolute Gasteiger partial charge is 0.124 e. The molecule has 19 heavy (non-hydrogen) atoms. The molecule has 2 atom stereocenters. The summed E-state index contributed by atoms with van der Waals surface area (Å²) in [7, 11) is 2.20. The van der Waals surface area contributed by atoms with Crippen molar-refractivity contribution < 1.29 is 4.74 Å². The number of rotatable bonds is 6. The highest BCUT2D eigenvalue weighted by atomic mass is 16.5. The van der Waals surface area contributed by atoms with E-state index in [0.717, 1.165) is 31.9 Å². The third-order valence-corrected chi connectivity index (χ3v) is 4.16. The summed E-state index contributed by atoms with van der Waals surface area (Å²) >= 11 is 0. The van der Waals surface area contributed by atoms with Crippen LogP contribution in [0, 0.1) is 0 Å². The lowest BCUT2D eigenvalue weighted by Gasteiger charge is -2.29. The number of ether oxygens (including phenoxy) is 1. The standard InChI is InChI=1S/C16H26N2O/c1-4-13(2)18(3)11-10-17-15-9-12-19-16-8-6-5-7-14(15)16/h5-8,13,15,17H,4,9-12H2,1-3H3. The van der Waals surface area contributed by atoms with Gasteiger partial charge in [0.2, 0.25) is 0 Å². The minimum absolute atomic E-state index is 0.440. The van der Waals surface area contributed by atoms with Crippen LogP contribution in [0.2, 0.25) is 0 Å². The summed E-state index contributed by atoms with van der Waals surface area (Å²) < 4.78 is 5.69. The predicted octanol–water partition coefficient (Wildman–Crippen LogP) is 2.83. The van der Waals surface area contributed by atoms with Crippen LogP contribution in [0.4, 0.5) is 0 Å². The van der Waals surface area contributed by atoms with Crippen molar-refractivity contribution in [2.75, 3.05) is 26.7 Å². The van der Waals surface area contributed by atoms with Crippen LogP contribution in [0.25, 0.3) is 0 Å². The van der Waals surface area contributed by atoms with Gasteiger partial charge in [-0.2, -0.15) is 0 Å². The van der Waals surface area contributed by atoms with Gasteiger partial charge in [0.15, 0.2) is 0 Å². The van der Waals surface area contributed by atoms with E-state index >= 15 is 0 Å². The lowest BCUT2D eigenvalue weighted by molar-refractivity contribution is 0.229. The van der Waals surface area contributed by atoms with E-state index in [1.165, 1.54) is 12.0 Å². The molecule has 1 aromatic carbocycles. The Morgan fingerprint density at radius 2 is 2.21 bits per heavy atom. The van der Waals surface area contributed by atoms with Crippen molar-refractivity contribution in [3.05, 3.63) is 29.8 Å². The van der Waals surface area contributed by atoms with Gasteiger partial charge < -0.3 is 15.0 Å². The van der Waals surface area contributed by atoms with E-state index in [2.05, 4.69) is 49.3 Å². The zero-order valence-electron chi connectivity index (χ0n) is 12.4. The molecule has 0 radical (unpaired) electrons. The van der Waals surface area contributed by atoms with Gasteiger partial charge in [-0.3, -0.25) is 0 Å². The molecule has 0 fully saturated rings. The van der Waals surface area contributed by atoms with Crippen molar-refractivity contribution in [3.8, 4) is 5.75 Å². The lowest BCUT2D eigenvalue weighted by Crippen LogP contribution is -2.37. The van der Waals surface area contributed by atoms with Crippen LogP contribution in [0.15, 0.2) is 24.3 Å². The summed E-state index contributed by atoms with van der Waals surface area (Å²) in [5.41, 5.74) is 1.31. The molecule has 1 aliphatic rings. The molecule has 2 unspecified atom stereocenters. The fraction of sp³-hybridized carbons (Fsp3) is 0.625. The van der Waals surface area contributed by atoms with E-state index in [1.807, 2.05) is 6.07 Å². The molecule has 0 saturated carbocycles. The van der Waals surface area contributed by atoms with E-state index in [9.17, 15) is 0 Å². The molecule has 0 aliphatic carbocycles. The van der Waals surface area contributed by atoms with E-state index < -0.39 is 0 Å². The summed E-state index contributed by atoms with van der Waals surface area (Å²) in [5.74, 6) is 1.04. The first-order chi connectivity index (χ1) is 9.22. The van der Waals surface area contributed by atoms with Gasteiger partial charge in [-0.1, -0.05) is 25.1 Å². The molecule has 0 amide bonds. The molecule has 3 nitrogen and oxygen atoms in total. The van der Waals surface area contributed by atoms with E-state index in [0.29, 0.717) is 12.1 Å². The number of hydrogen-bond donors (Lipinski definition) is 1. The highest BCUT2D eigenvalue weighted by Crippen LogP contribution is 2.31. The summed E-state index contributed by atoms with van der Waals surface area (Å²) in [6.07, 6.45) is 2.26. The van der Waals surface area contributed by atoms with Gasteiger partial charge in [-0.25, -0.2) is 0 Å². The maximum absolute atomic E-state index is 5.69. The monoisotopic (exact) mass is 262 g/mol. The fourth-order valence-corrected chi connectivity index (χ4v) is 2.50. The van der Waals surface area contributed by atoms with E-state index in [4.69, 9.17) is 4.74 Å². The van der Waals surface area contributed by atoms with E-state index in [1.54, 1.807) is 0 Å². The van der Waals surface area contributed by atoms with Crippen LogP contribution in [-0.4, -0.2) is 37.7 Å². The Hall–Kier alpha value is -1.06. The van der Waals surface area contributed by atoms with Crippen LogP contribution in [0.1, 0.15) is 38.3 Å². The first kappa shape index (κ1) is 14.4. The molecule has 1 N–H and O–H groups in total. The van der Waals surface area contributed by atoms with Gasteiger partial charge in [0.1, 0.15) is 5.75 Å². The fourth-order valence-electron chi connectivity index (χ4n) is 2.50. The molecule has 2 rings (SSSR count). The zero-order chi connectivity index (χ0) is 13.7. The third-order valence-electron chi connectivity index (χ3n) is 4.16. The Kier molecular flexibility index (Phi) is 5.23. The second-order valence-corrected chi connectivity index (χ2v) is 5.42. The highest BCUT2D eigenvalue weighted by Gasteiger charge is 2.20. The Morgan fingerprint density at radius 3 is 3.00 bits per heavy atom. The number of nitrogens with zero attached hydrogens (tertiary/aromatic N) is 1. The van der Waals surface area contributed by atoms with Gasteiger partial charge in [0.05, 0.1) is 6.61 Å². The molecule has 0 saturated heterocycles. The number of nitrogens with one attached hydrogen (secondary N) is 1. The van der Waals surface area contributed by atoms with Crippen molar-refractivity contribution in [2.45, 2.75) is 38.8 Å². The Bertz CT molecular complexity index is 394. The van der Waals surface area contributed by atoms with Gasteiger partial charge >= 0.3 is 0 Å². The van der Waals surface area contributed by atoms with Crippen LogP contribution < -0.4 is 10.1 Å². The Balaban J connectivity index is 1.84. The first-order valence-electron chi connectivity index (χ1n) is 7.37. The second kappa shape index (κ2) is 6.92. The van der Waals surface area contributed by atoms with Crippen molar-refractivity contribution >= 4 is 0 Å². The van der Waals surface area contributed by atoms with Crippen LogP contribution in [0.3, 0.4) is 0 Å². The number of hydrogen-bond acceptors (Lipinski definition) is 3. The summed E-state index contributed by atoms with van der Waals surface area (Å²) in [6.45, 7) is 7.46. The van der Waals surface area contributed by atoms with Crippen LogP contribution >= 0.6 is 0 Å². The number of para-hydroxylation sites is 1. The molecule has 0 spiro atoms. The molecular weight excluding hydrogens is 236 g/mol. The van der Waals surface area contributed by atoms with Crippen LogP contribution in [0.5, 0.6) is 5.75 Å². The quantitative estimate of drug-likeness (QED) is 0.853. The molecule has 106 valence electrons. The van der Waals surface area contributed by atoms with Crippen molar-refractivity contribution in [1.82, 2.24) is 10.2 Å². The number of benzene rings is 1. The van der Waals surface area contributed by atoms with Gasteiger partial charge in [-0.15, -0.1) is 0 Å². The average molecular weight is 262 g/mol. The van der Waals surface area contributed by atoms with E-state index in [-0.39, 0.29) is 0 Å². The normalized spacial score (nSPS) is 19.9. The maximum Gasteiger partial charge on any atom is 0.124 e. The molecule has 1 aliphatic heterocycles. The summed E-state index contributed by atoms with van der Waals surface area (Å²) in [5, 5.41) is 3.67. The molecule has 1 aromatic rings. The minimum Gasteiger partial charge on any atom is -0.493 e. The number of fused-ring (bicyclic) bond motifs is 1. The SMILES string of the molecule is CCC(C)N(C)CCNC1CCOc2ccccc21. The zero-order valence-corrected chi connectivity index (χ0v) is 12.4. The van der Waals surface area contributed by atoms with Gasteiger partial charge in [-0.05, 0) is 26.5 Å². The highest BCUT2D eigenvalue weighted by molar-refractivity contribution is 5.37. The van der Waals surface area contributed by atoms with Crippen molar-refractivity contribution in [3.63, 3.8) is 0 Å². The molecule has 3 heteroatoms. The molecule has 0 bridgehead atoms. The molecule has 1 heterocycles. The lowest BCUT2D eigenvalue weighted by atomic mass is 10.0. The average Bonchev–Trinajstić information content (AvgIpc) is 2.46. The van der Waals surface area contributed by atoms with Gasteiger partial charge in [0.25, 0.3) is 0 Å². The minimum atomic E-state index is 0.440. The largest absolute Gasteiger partial charge is 0.493 e. The third kappa shape index (κ3) is 3.71.